The number of methoxy groups -OCH3 is 2. The average molecular weight is 488 g/mol. The molecular formula is C21H25N7O3S2. The number of carbonyl (C=O) groups is 1. The highest BCUT2D eigenvalue weighted by Crippen LogP contribution is 2.28. The topological polar surface area (TPSA) is 129 Å². The van der Waals surface area contributed by atoms with Crippen LogP contribution in [-0.2, 0) is 4.79 Å². The number of anilines is 2. The summed E-state index contributed by atoms with van der Waals surface area (Å²) < 4.78 is 11.8. The fourth-order valence-electron chi connectivity index (χ4n) is 2.78. The van der Waals surface area contributed by atoms with Gasteiger partial charge in [-0.3, -0.25) is 4.79 Å². The fourth-order valence-corrected chi connectivity index (χ4v) is 3.99. The number of aromatic nitrogens is 3. The van der Waals surface area contributed by atoms with Crippen molar-refractivity contribution >= 4 is 46.8 Å². The third kappa shape index (κ3) is 6.11. The molecule has 0 aliphatic heterocycles. The van der Waals surface area contributed by atoms with Gasteiger partial charge >= 0.3 is 0 Å². The first kappa shape index (κ1) is 24.3. The number of benzene rings is 2. The van der Waals surface area contributed by atoms with Crippen LogP contribution in [0.1, 0.15) is 12.5 Å². The molecule has 0 spiro atoms. The average Bonchev–Trinajstić information content (AvgIpc) is 3.20. The lowest BCUT2D eigenvalue weighted by molar-refractivity contribution is -0.113. The minimum atomic E-state index is -0.165. The maximum atomic E-state index is 12.3. The third-order valence-corrected chi connectivity index (χ3v) is 6.24. The Morgan fingerprint density at radius 3 is 2.64 bits per heavy atom. The maximum Gasteiger partial charge on any atom is 0.264 e. The SMILES string of the molecule is COc1ccc(/C(C)=N/Nc2nnc(SCC(=O)Nc3ccccc3SC)n2N)cc1OC. The van der Waals surface area contributed by atoms with E-state index in [1.165, 1.54) is 16.4 Å². The summed E-state index contributed by atoms with van der Waals surface area (Å²) in [5.74, 6) is 7.50. The zero-order valence-corrected chi connectivity index (χ0v) is 20.3. The van der Waals surface area contributed by atoms with Crippen molar-refractivity contribution < 1.29 is 14.3 Å². The lowest BCUT2D eigenvalue weighted by atomic mass is 10.1. The molecular weight excluding hydrogens is 462 g/mol. The van der Waals surface area contributed by atoms with E-state index in [1.54, 1.807) is 32.0 Å². The van der Waals surface area contributed by atoms with E-state index in [1.807, 2.05) is 49.6 Å². The first-order chi connectivity index (χ1) is 16.0. The van der Waals surface area contributed by atoms with Crippen molar-refractivity contribution in [2.45, 2.75) is 17.0 Å². The minimum absolute atomic E-state index is 0.131. The molecule has 12 heteroatoms. The molecule has 0 aliphatic rings. The van der Waals surface area contributed by atoms with Gasteiger partial charge in [0.1, 0.15) is 0 Å². The second kappa shape index (κ2) is 11.5. The van der Waals surface area contributed by atoms with E-state index >= 15 is 0 Å². The second-order valence-corrected chi connectivity index (χ2v) is 8.38. The Labute approximate surface area is 200 Å². The molecule has 0 saturated heterocycles. The third-order valence-electron chi connectivity index (χ3n) is 4.50. The molecule has 33 heavy (non-hydrogen) atoms. The summed E-state index contributed by atoms with van der Waals surface area (Å²) >= 11 is 2.74. The quantitative estimate of drug-likeness (QED) is 0.171. The number of hydrazone groups is 1. The normalized spacial score (nSPS) is 11.2. The van der Waals surface area contributed by atoms with Crippen LogP contribution in [0.25, 0.3) is 0 Å². The summed E-state index contributed by atoms with van der Waals surface area (Å²) in [6, 6.07) is 13.1. The van der Waals surface area contributed by atoms with Crippen LogP contribution in [0.3, 0.4) is 0 Å². The van der Waals surface area contributed by atoms with E-state index in [0.29, 0.717) is 22.4 Å². The summed E-state index contributed by atoms with van der Waals surface area (Å²) in [6.45, 7) is 1.83. The van der Waals surface area contributed by atoms with Crippen molar-refractivity contribution in [2.75, 3.05) is 42.8 Å². The lowest BCUT2D eigenvalue weighted by Crippen LogP contribution is -2.17. The minimum Gasteiger partial charge on any atom is -0.493 e. The van der Waals surface area contributed by atoms with Crippen LogP contribution in [0, 0.1) is 0 Å². The van der Waals surface area contributed by atoms with Gasteiger partial charge in [0, 0.05) is 10.5 Å². The summed E-state index contributed by atoms with van der Waals surface area (Å²) in [5, 5.41) is 15.6. The van der Waals surface area contributed by atoms with Gasteiger partial charge in [-0.2, -0.15) is 5.10 Å². The molecule has 0 atom stereocenters. The van der Waals surface area contributed by atoms with Crippen LogP contribution in [-0.4, -0.2) is 52.7 Å². The first-order valence-electron chi connectivity index (χ1n) is 9.75. The van der Waals surface area contributed by atoms with Crippen molar-refractivity contribution in [3.63, 3.8) is 0 Å². The molecule has 0 saturated carbocycles. The second-order valence-electron chi connectivity index (χ2n) is 6.59. The van der Waals surface area contributed by atoms with Crippen LogP contribution < -0.4 is 26.1 Å². The molecule has 0 bridgehead atoms. The molecule has 0 radical (unpaired) electrons. The molecule has 4 N–H and O–H groups in total. The van der Waals surface area contributed by atoms with E-state index < -0.39 is 0 Å². The van der Waals surface area contributed by atoms with Crippen LogP contribution in [0.4, 0.5) is 11.6 Å². The number of thioether (sulfide) groups is 2. The van der Waals surface area contributed by atoms with Gasteiger partial charge in [0.15, 0.2) is 11.5 Å². The predicted molar refractivity (Wildman–Crippen MR) is 133 cm³/mol. The highest BCUT2D eigenvalue weighted by Gasteiger charge is 2.13. The Balaban J connectivity index is 1.61. The fraction of sp³-hybridized carbons (Fsp3) is 0.238. The molecule has 174 valence electrons. The summed E-state index contributed by atoms with van der Waals surface area (Å²) in [4.78, 5) is 13.3. The number of hydrogen-bond donors (Lipinski definition) is 3. The van der Waals surface area contributed by atoms with Crippen molar-refractivity contribution in [3.8, 4) is 11.5 Å². The molecule has 3 rings (SSSR count). The van der Waals surface area contributed by atoms with Gasteiger partial charge < -0.3 is 20.6 Å². The van der Waals surface area contributed by atoms with Gasteiger partial charge in [-0.15, -0.1) is 22.0 Å². The molecule has 0 fully saturated rings. The van der Waals surface area contributed by atoms with Gasteiger partial charge in [-0.05, 0) is 43.5 Å². The molecule has 0 aliphatic carbocycles. The van der Waals surface area contributed by atoms with Gasteiger partial charge in [-0.25, -0.2) is 10.1 Å². The van der Waals surface area contributed by atoms with Crippen LogP contribution in [0.2, 0.25) is 0 Å². The highest BCUT2D eigenvalue weighted by atomic mass is 32.2. The molecule has 10 nitrogen and oxygen atoms in total. The Morgan fingerprint density at radius 2 is 1.91 bits per heavy atom. The van der Waals surface area contributed by atoms with E-state index in [2.05, 4.69) is 26.0 Å². The number of nitrogen functional groups attached to an aromatic ring is 1. The summed E-state index contributed by atoms with van der Waals surface area (Å²) in [5.41, 5.74) is 5.09. The molecule has 0 unspecified atom stereocenters. The highest BCUT2D eigenvalue weighted by molar-refractivity contribution is 7.99. The van der Waals surface area contributed by atoms with Crippen LogP contribution >= 0.6 is 23.5 Å². The number of rotatable bonds is 10. The van der Waals surface area contributed by atoms with Crippen LogP contribution in [0.15, 0.2) is 57.6 Å². The number of para-hydroxylation sites is 1. The smallest absolute Gasteiger partial charge is 0.264 e. The number of ether oxygens (including phenoxy) is 2. The first-order valence-corrected chi connectivity index (χ1v) is 12.0. The zero-order chi connectivity index (χ0) is 23.8. The standard InChI is InChI=1S/C21H25N7O3S2/c1-13(14-9-10-16(30-2)17(11-14)31-3)24-25-20-26-27-21(28(20)22)33-12-19(29)23-15-7-5-6-8-18(15)32-4/h5-11H,12,22H2,1-4H3,(H,23,29)(H,25,26)/b24-13+. The zero-order valence-electron chi connectivity index (χ0n) is 18.7. The number of nitrogens with two attached hydrogens (primary N) is 1. The Bertz CT molecular complexity index is 1150. The molecule has 1 heterocycles. The van der Waals surface area contributed by atoms with E-state index in [-0.39, 0.29) is 17.6 Å². The van der Waals surface area contributed by atoms with Gasteiger partial charge in [0.25, 0.3) is 5.95 Å². The number of amides is 1. The number of nitrogens with one attached hydrogen (secondary N) is 2. The molecule has 2 aromatic carbocycles. The number of nitrogens with zero attached hydrogens (tertiary/aromatic N) is 4. The number of hydrogen-bond acceptors (Lipinski definition) is 10. The molecule has 1 amide bonds. The Morgan fingerprint density at radius 1 is 1.15 bits per heavy atom. The molecule has 3 aromatic rings. The van der Waals surface area contributed by atoms with Crippen molar-refractivity contribution in [2.24, 2.45) is 5.10 Å². The van der Waals surface area contributed by atoms with Gasteiger partial charge in [-0.1, -0.05) is 23.9 Å². The van der Waals surface area contributed by atoms with E-state index in [4.69, 9.17) is 15.3 Å². The van der Waals surface area contributed by atoms with Gasteiger partial charge in [0.2, 0.25) is 11.1 Å². The Hall–Kier alpha value is -3.38. The van der Waals surface area contributed by atoms with Crippen molar-refractivity contribution in [3.05, 3.63) is 48.0 Å². The van der Waals surface area contributed by atoms with Crippen molar-refractivity contribution in [1.82, 2.24) is 14.9 Å². The van der Waals surface area contributed by atoms with Gasteiger partial charge in [0.05, 0.1) is 31.4 Å². The van der Waals surface area contributed by atoms with E-state index in [0.717, 1.165) is 16.1 Å². The van der Waals surface area contributed by atoms with E-state index in [9.17, 15) is 4.79 Å². The summed E-state index contributed by atoms with van der Waals surface area (Å²) in [6.07, 6.45) is 1.96. The molecule has 1 aromatic heterocycles. The maximum absolute atomic E-state index is 12.3. The van der Waals surface area contributed by atoms with Crippen molar-refractivity contribution in [1.29, 1.82) is 0 Å². The van der Waals surface area contributed by atoms with Crippen LogP contribution in [0.5, 0.6) is 11.5 Å². The largest absolute Gasteiger partial charge is 0.493 e. The predicted octanol–water partition coefficient (Wildman–Crippen LogP) is 3.30. The number of carbonyl (C=O) groups excluding carboxylic acids is 1. The monoisotopic (exact) mass is 487 g/mol. The lowest BCUT2D eigenvalue weighted by Gasteiger charge is -2.10. The Kier molecular flexibility index (Phi) is 8.44. The summed E-state index contributed by atoms with van der Waals surface area (Å²) in [7, 11) is 3.15.